The molecule has 1 aliphatic carbocycles. The second-order valence-electron chi connectivity index (χ2n) is 5.85. The molecule has 104 valence electrons. The second kappa shape index (κ2) is 4.71. The minimum atomic E-state index is -1.07. The molecule has 3 rings (SSSR count). The average Bonchev–Trinajstić information content (AvgIpc) is 2.46. The van der Waals surface area contributed by atoms with E-state index >= 15 is 0 Å². The van der Waals surface area contributed by atoms with E-state index < -0.39 is 5.60 Å². The van der Waals surface area contributed by atoms with Gasteiger partial charge in [-0.3, -0.25) is 0 Å². The molecule has 0 spiro atoms. The highest BCUT2D eigenvalue weighted by Gasteiger charge is 2.38. The normalized spacial score (nSPS) is 25.3. The van der Waals surface area contributed by atoms with Gasteiger partial charge in [-0.2, -0.15) is 0 Å². The summed E-state index contributed by atoms with van der Waals surface area (Å²) in [5.41, 5.74) is 2.27. The minimum Gasteiger partial charge on any atom is -0.380 e. The van der Waals surface area contributed by atoms with Crippen molar-refractivity contribution in [3.63, 3.8) is 0 Å². The molecule has 2 aromatic rings. The smallest absolute Gasteiger partial charge is 0.126 e. The van der Waals surface area contributed by atoms with E-state index in [0.29, 0.717) is 23.5 Å². The number of benzene rings is 2. The molecule has 0 saturated heterocycles. The lowest BCUT2D eigenvalue weighted by Gasteiger charge is -2.37. The predicted octanol–water partition coefficient (Wildman–Crippen LogP) is 4.27. The first kappa shape index (κ1) is 13.3. The molecule has 0 aliphatic heterocycles. The van der Waals surface area contributed by atoms with Crippen LogP contribution in [0.1, 0.15) is 47.9 Å². The van der Waals surface area contributed by atoms with Crippen LogP contribution < -0.4 is 0 Å². The Morgan fingerprint density at radius 1 is 1.20 bits per heavy atom. The van der Waals surface area contributed by atoms with E-state index in [9.17, 15) is 9.50 Å². The summed E-state index contributed by atoms with van der Waals surface area (Å²) in [7, 11) is 0. The Hall–Kier alpha value is -1.67. The molecule has 0 fully saturated rings. The molecule has 0 saturated carbocycles. The maximum Gasteiger partial charge on any atom is 0.126 e. The number of fused-ring (bicyclic) bond motifs is 1. The molecule has 2 aromatic carbocycles. The van der Waals surface area contributed by atoms with Crippen molar-refractivity contribution in [1.82, 2.24) is 0 Å². The van der Waals surface area contributed by atoms with Gasteiger partial charge in [0.15, 0.2) is 0 Å². The van der Waals surface area contributed by atoms with Crippen LogP contribution in [0.15, 0.2) is 42.5 Å². The SMILES string of the molecule is Cc1ccc(C2(O)CCC(C)c3ccccc32)cc1F. The topological polar surface area (TPSA) is 20.2 Å². The molecule has 0 amide bonds. The van der Waals surface area contributed by atoms with Crippen LogP contribution in [0.5, 0.6) is 0 Å². The second-order valence-corrected chi connectivity index (χ2v) is 5.85. The van der Waals surface area contributed by atoms with Crippen molar-refractivity contribution in [3.05, 3.63) is 70.5 Å². The quantitative estimate of drug-likeness (QED) is 0.820. The van der Waals surface area contributed by atoms with E-state index in [0.717, 1.165) is 12.0 Å². The minimum absolute atomic E-state index is 0.257. The van der Waals surface area contributed by atoms with Crippen molar-refractivity contribution < 1.29 is 9.50 Å². The summed E-state index contributed by atoms with van der Waals surface area (Å²) in [6, 6.07) is 13.0. The summed E-state index contributed by atoms with van der Waals surface area (Å²) in [6.07, 6.45) is 1.54. The summed E-state index contributed by atoms with van der Waals surface area (Å²) in [6.45, 7) is 3.91. The van der Waals surface area contributed by atoms with Crippen LogP contribution in [-0.4, -0.2) is 5.11 Å². The van der Waals surface area contributed by atoms with Crippen molar-refractivity contribution in [3.8, 4) is 0 Å². The molecule has 0 radical (unpaired) electrons. The largest absolute Gasteiger partial charge is 0.380 e. The number of rotatable bonds is 1. The first-order chi connectivity index (χ1) is 9.52. The van der Waals surface area contributed by atoms with Crippen LogP contribution in [0.2, 0.25) is 0 Å². The molecule has 2 heteroatoms. The molecule has 1 N–H and O–H groups in total. The van der Waals surface area contributed by atoms with E-state index in [2.05, 4.69) is 13.0 Å². The summed E-state index contributed by atoms with van der Waals surface area (Å²) in [5.74, 6) is 0.175. The summed E-state index contributed by atoms with van der Waals surface area (Å²) in [4.78, 5) is 0. The van der Waals surface area contributed by atoms with Crippen molar-refractivity contribution in [2.45, 2.75) is 38.2 Å². The fourth-order valence-electron chi connectivity index (χ4n) is 3.17. The Morgan fingerprint density at radius 3 is 2.70 bits per heavy atom. The van der Waals surface area contributed by atoms with Crippen molar-refractivity contribution in [2.75, 3.05) is 0 Å². The van der Waals surface area contributed by atoms with Gasteiger partial charge in [0.1, 0.15) is 11.4 Å². The molecule has 1 nitrogen and oxygen atoms in total. The molecular formula is C18H19FO. The Bertz CT molecular complexity index is 650. The number of halogens is 1. The van der Waals surface area contributed by atoms with E-state index in [-0.39, 0.29) is 5.82 Å². The van der Waals surface area contributed by atoms with E-state index in [1.165, 1.54) is 11.6 Å². The molecule has 0 heterocycles. The van der Waals surface area contributed by atoms with Gasteiger partial charge in [-0.05, 0) is 54.0 Å². The molecule has 1 aliphatic rings. The highest BCUT2D eigenvalue weighted by atomic mass is 19.1. The van der Waals surface area contributed by atoms with Gasteiger partial charge in [0.25, 0.3) is 0 Å². The molecule has 0 aromatic heterocycles. The van der Waals surface area contributed by atoms with E-state index in [4.69, 9.17) is 0 Å². The monoisotopic (exact) mass is 270 g/mol. The van der Waals surface area contributed by atoms with Gasteiger partial charge < -0.3 is 5.11 Å². The molecule has 0 bridgehead atoms. The zero-order chi connectivity index (χ0) is 14.3. The highest BCUT2D eigenvalue weighted by Crippen LogP contribution is 2.45. The molecular weight excluding hydrogens is 251 g/mol. The van der Waals surface area contributed by atoms with Crippen LogP contribution in [0.3, 0.4) is 0 Å². The predicted molar refractivity (Wildman–Crippen MR) is 78.2 cm³/mol. The highest BCUT2D eigenvalue weighted by molar-refractivity contribution is 5.45. The Balaban J connectivity index is 2.17. The van der Waals surface area contributed by atoms with Crippen LogP contribution in [0.25, 0.3) is 0 Å². The Kier molecular flexibility index (Phi) is 3.14. The zero-order valence-corrected chi connectivity index (χ0v) is 11.9. The Labute approximate surface area is 119 Å². The van der Waals surface area contributed by atoms with Crippen LogP contribution in [0, 0.1) is 12.7 Å². The van der Waals surface area contributed by atoms with Gasteiger partial charge in [-0.25, -0.2) is 4.39 Å². The molecule has 2 atom stereocenters. The molecule has 2 unspecified atom stereocenters. The van der Waals surface area contributed by atoms with E-state index in [1.54, 1.807) is 13.0 Å². The maximum atomic E-state index is 13.8. The zero-order valence-electron chi connectivity index (χ0n) is 11.9. The fraction of sp³-hybridized carbons (Fsp3) is 0.333. The summed E-state index contributed by atoms with van der Waals surface area (Å²) < 4.78 is 13.8. The van der Waals surface area contributed by atoms with Crippen LogP contribution in [0.4, 0.5) is 4.39 Å². The van der Waals surface area contributed by atoms with Gasteiger partial charge >= 0.3 is 0 Å². The third-order valence-electron chi connectivity index (χ3n) is 4.53. The van der Waals surface area contributed by atoms with Crippen LogP contribution >= 0.6 is 0 Å². The van der Waals surface area contributed by atoms with Crippen molar-refractivity contribution in [1.29, 1.82) is 0 Å². The fourth-order valence-corrected chi connectivity index (χ4v) is 3.17. The van der Waals surface area contributed by atoms with Gasteiger partial charge in [-0.15, -0.1) is 0 Å². The maximum absolute atomic E-state index is 13.8. The van der Waals surface area contributed by atoms with E-state index in [1.807, 2.05) is 24.3 Å². The lowest BCUT2D eigenvalue weighted by molar-refractivity contribution is 0.0576. The number of aryl methyl sites for hydroxylation is 1. The summed E-state index contributed by atoms with van der Waals surface area (Å²) >= 11 is 0. The van der Waals surface area contributed by atoms with Crippen molar-refractivity contribution >= 4 is 0 Å². The number of aliphatic hydroxyl groups is 1. The average molecular weight is 270 g/mol. The van der Waals surface area contributed by atoms with Crippen LogP contribution in [-0.2, 0) is 5.60 Å². The summed E-state index contributed by atoms with van der Waals surface area (Å²) in [5, 5.41) is 11.2. The first-order valence-corrected chi connectivity index (χ1v) is 7.11. The first-order valence-electron chi connectivity index (χ1n) is 7.11. The lowest BCUT2D eigenvalue weighted by atomic mass is 9.71. The lowest BCUT2D eigenvalue weighted by Crippen LogP contribution is -2.33. The van der Waals surface area contributed by atoms with Gasteiger partial charge in [-0.1, -0.05) is 43.3 Å². The molecule has 20 heavy (non-hydrogen) atoms. The Morgan fingerprint density at radius 2 is 1.95 bits per heavy atom. The standard InChI is InChI=1S/C18H19FO/c1-12-9-10-18(20,16-6-4-3-5-15(12)16)14-8-7-13(2)17(19)11-14/h3-8,11-12,20H,9-10H2,1-2H3. The van der Waals surface area contributed by atoms with Crippen molar-refractivity contribution in [2.24, 2.45) is 0 Å². The number of hydrogen-bond acceptors (Lipinski definition) is 1. The number of hydrogen-bond donors (Lipinski definition) is 1. The van der Waals surface area contributed by atoms with Gasteiger partial charge in [0.05, 0.1) is 0 Å². The third kappa shape index (κ3) is 1.95. The third-order valence-corrected chi connectivity index (χ3v) is 4.53. The van der Waals surface area contributed by atoms with Gasteiger partial charge in [0, 0.05) is 0 Å². The van der Waals surface area contributed by atoms with Gasteiger partial charge in [0.2, 0.25) is 0 Å².